The van der Waals surface area contributed by atoms with Gasteiger partial charge in [-0.15, -0.1) is 0 Å². The molecule has 0 aromatic carbocycles. The molecule has 2 heteroatoms. The Morgan fingerprint density at radius 3 is 2.59 bits per heavy atom. The van der Waals surface area contributed by atoms with Gasteiger partial charge in [-0.25, -0.2) is 0 Å². The van der Waals surface area contributed by atoms with Gasteiger partial charge in [-0.3, -0.25) is 0 Å². The van der Waals surface area contributed by atoms with Crippen LogP contribution in [0.1, 0.15) is 99.7 Å². The lowest BCUT2D eigenvalue weighted by molar-refractivity contribution is -0.164. The molecule has 4 aliphatic rings. The standard InChI is InChI=1S/C25H42O2/c1-16(8-9-17(2)26)19-10-11-20-23-21(12-14-25(19,20)4)24(3)13-6-5-7-18(24)15-22(23)27/h16,18-23,27H,5-15H2,1-4H3/t16?,18-,19+,20?,21?,22+,23-,24-,25+/m0/s1/i23D. The summed E-state index contributed by atoms with van der Waals surface area (Å²) < 4.78 is 9.78. The Morgan fingerprint density at radius 2 is 1.85 bits per heavy atom. The summed E-state index contributed by atoms with van der Waals surface area (Å²) in [6.45, 7) is 8.95. The molecular formula is C25H42O2. The molecule has 4 saturated carbocycles. The number of Topliss-reactive ketones (excluding diaryl/α,β-unsaturated/α-hetero) is 1. The molecule has 0 radical (unpaired) electrons. The van der Waals surface area contributed by atoms with Gasteiger partial charge in [0.25, 0.3) is 0 Å². The molecule has 27 heavy (non-hydrogen) atoms. The fourth-order valence-corrected chi connectivity index (χ4v) is 8.46. The molecule has 4 fully saturated rings. The number of carbonyl (C=O) groups excluding carboxylic acids is 1. The lowest BCUT2D eigenvalue weighted by Gasteiger charge is -2.62. The van der Waals surface area contributed by atoms with Crippen LogP contribution in [0.15, 0.2) is 0 Å². The smallest absolute Gasteiger partial charge is 0.129 e. The van der Waals surface area contributed by atoms with E-state index in [1.165, 1.54) is 38.5 Å². The maximum atomic E-state index is 11.5. The van der Waals surface area contributed by atoms with E-state index in [2.05, 4.69) is 20.8 Å². The summed E-state index contributed by atoms with van der Waals surface area (Å²) in [5, 5.41) is 11.3. The van der Waals surface area contributed by atoms with Crippen molar-refractivity contribution in [2.75, 3.05) is 0 Å². The van der Waals surface area contributed by atoms with Crippen LogP contribution in [0.3, 0.4) is 0 Å². The van der Waals surface area contributed by atoms with Gasteiger partial charge in [-0.1, -0.05) is 33.6 Å². The van der Waals surface area contributed by atoms with Gasteiger partial charge in [0, 0.05) is 7.79 Å². The van der Waals surface area contributed by atoms with Crippen molar-refractivity contribution in [2.24, 2.45) is 46.3 Å². The molecule has 4 aliphatic carbocycles. The van der Waals surface area contributed by atoms with E-state index in [1.807, 2.05) is 0 Å². The fourth-order valence-electron chi connectivity index (χ4n) is 8.46. The molecule has 0 saturated heterocycles. The van der Waals surface area contributed by atoms with E-state index >= 15 is 0 Å². The van der Waals surface area contributed by atoms with Crippen molar-refractivity contribution in [3.8, 4) is 0 Å². The molecule has 0 aromatic rings. The predicted octanol–water partition coefficient (Wildman–Crippen LogP) is 6.01. The molecule has 0 aliphatic heterocycles. The number of fused-ring (bicyclic) bond motifs is 5. The Kier molecular flexibility index (Phi) is 4.94. The van der Waals surface area contributed by atoms with Crippen LogP contribution in [-0.4, -0.2) is 17.0 Å². The molecule has 0 spiro atoms. The van der Waals surface area contributed by atoms with Crippen molar-refractivity contribution < 1.29 is 11.3 Å². The van der Waals surface area contributed by atoms with E-state index in [9.17, 15) is 11.3 Å². The molecule has 3 unspecified atom stereocenters. The Balaban J connectivity index is 1.62. The second-order valence-electron chi connectivity index (χ2n) is 11.3. The highest BCUT2D eigenvalue weighted by Crippen LogP contribution is 2.68. The molecule has 154 valence electrons. The topological polar surface area (TPSA) is 37.3 Å². The van der Waals surface area contributed by atoms with Crippen LogP contribution in [0.5, 0.6) is 0 Å². The number of aliphatic hydroxyl groups is 1. The van der Waals surface area contributed by atoms with Crippen LogP contribution < -0.4 is 0 Å². The Hall–Kier alpha value is -0.370. The summed E-state index contributed by atoms with van der Waals surface area (Å²) in [4.78, 5) is 11.5. The molecule has 1 N–H and O–H groups in total. The maximum absolute atomic E-state index is 11.5. The predicted molar refractivity (Wildman–Crippen MR) is 110 cm³/mol. The quantitative estimate of drug-likeness (QED) is 0.653. The van der Waals surface area contributed by atoms with E-state index < -0.39 is 12.0 Å². The van der Waals surface area contributed by atoms with Gasteiger partial charge >= 0.3 is 0 Å². The van der Waals surface area contributed by atoms with Crippen molar-refractivity contribution in [3.63, 3.8) is 0 Å². The number of carbonyl (C=O) groups is 1. The van der Waals surface area contributed by atoms with Gasteiger partial charge in [0.2, 0.25) is 0 Å². The molecule has 0 bridgehead atoms. The number of rotatable bonds is 4. The first kappa shape index (κ1) is 18.6. The zero-order chi connectivity index (χ0) is 20.3. The summed E-state index contributed by atoms with van der Waals surface area (Å²) in [5.74, 6) is 2.07. The van der Waals surface area contributed by atoms with Crippen molar-refractivity contribution >= 4 is 5.78 Å². The van der Waals surface area contributed by atoms with Crippen LogP contribution in [0, 0.1) is 46.3 Å². The van der Waals surface area contributed by atoms with Crippen molar-refractivity contribution in [1.82, 2.24) is 0 Å². The second kappa shape index (κ2) is 7.15. The second-order valence-corrected chi connectivity index (χ2v) is 11.3. The highest BCUT2D eigenvalue weighted by atomic mass is 16.3. The summed E-state index contributed by atoms with van der Waals surface area (Å²) in [5.41, 5.74) is 0.423. The maximum Gasteiger partial charge on any atom is 0.129 e. The average molecular weight is 376 g/mol. The van der Waals surface area contributed by atoms with Gasteiger partial charge in [0.05, 0.1) is 6.10 Å². The van der Waals surface area contributed by atoms with Crippen molar-refractivity contribution in [2.45, 2.75) is 104 Å². The third-order valence-corrected chi connectivity index (χ3v) is 9.96. The normalized spacial score (nSPS) is 53.7. The van der Waals surface area contributed by atoms with Crippen molar-refractivity contribution in [1.29, 1.82) is 0 Å². The number of ketones is 1. The minimum atomic E-state index is -0.662. The average Bonchev–Trinajstić information content (AvgIpc) is 2.99. The van der Waals surface area contributed by atoms with Gasteiger partial charge in [0.15, 0.2) is 0 Å². The van der Waals surface area contributed by atoms with Crippen LogP contribution in [0.25, 0.3) is 0 Å². The van der Waals surface area contributed by atoms with Gasteiger partial charge in [0.1, 0.15) is 5.78 Å². The molecule has 9 atom stereocenters. The first-order chi connectivity index (χ1) is 13.1. The highest BCUT2D eigenvalue weighted by Gasteiger charge is 2.62. The zero-order valence-electron chi connectivity index (χ0n) is 19.1. The zero-order valence-corrected chi connectivity index (χ0v) is 18.1. The van der Waals surface area contributed by atoms with Crippen LogP contribution in [-0.2, 0) is 4.79 Å². The van der Waals surface area contributed by atoms with E-state index in [1.54, 1.807) is 6.92 Å². The summed E-state index contributed by atoms with van der Waals surface area (Å²) in [6, 6.07) is 0. The van der Waals surface area contributed by atoms with Crippen LogP contribution in [0.4, 0.5) is 0 Å². The van der Waals surface area contributed by atoms with E-state index in [0.717, 1.165) is 25.7 Å². The SMILES string of the molecule is [2H][C@]12C3CC[C@H](C(C)CCC(C)=O)[C@@]3(C)CCC1[C@@]1(C)CCCC[C@H]1C[C@H]2O. The monoisotopic (exact) mass is 375 g/mol. The van der Waals surface area contributed by atoms with Crippen molar-refractivity contribution in [3.05, 3.63) is 0 Å². The number of aliphatic hydroxyl groups excluding tert-OH is 1. The first-order valence-electron chi connectivity index (χ1n) is 12.3. The van der Waals surface area contributed by atoms with Crippen LogP contribution >= 0.6 is 0 Å². The molecule has 0 aromatic heterocycles. The summed E-state index contributed by atoms with van der Waals surface area (Å²) in [6.07, 6.45) is 11.8. The van der Waals surface area contributed by atoms with Gasteiger partial charge in [-0.2, -0.15) is 0 Å². The van der Waals surface area contributed by atoms with Crippen LogP contribution in [0.2, 0.25) is 0 Å². The number of hydrogen-bond donors (Lipinski definition) is 1. The van der Waals surface area contributed by atoms with Gasteiger partial charge < -0.3 is 9.90 Å². The van der Waals surface area contributed by atoms with E-state index in [-0.39, 0.29) is 10.8 Å². The van der Waals surface area contributed by atoms with E-state index in [4.69, 9.17) is 0 Å². The first-order valence-corrected chi connectivity index (χ1v) is 11.8. The molecule has 0 heterocycles. The third kappa shape index (κ3) is 3.13. The fraction of sp³-hybridized carbons (Fsp3) is 0.960. The third-order valence-electron chi connectivity index (χ3n) is 9.96. The Morgan fingerprint density at radius 1 is 1.11 bits per heavy atom. The minimum Gasteiger partial charge on any atom is -0.393 e. The Labute approximate surface area is 168 Å². The molecule has 4 rings (SSSR count). The minimum absolute atomic E-state index is 0.160. The lowest BCUT2D eigenvalue weighted by Crippen LogP contribution is -2.57. The lowest BCUT2D eigenvalue weighted by atomic mass is 9.44. The molecule has 0 amide bonds. The summed E-state index contributed by atoms with van der Waals surface area (Å²) in [7, 11) is 0. The summed E-state index contributed by atoms with van der Waals surface area (Å²) >= 11 is 0. The highest BCUT2D eigenvalue weighted by molar-refractivity contribution is 5.75. The largest absolute Gasteiger partial charge is 0.393 e. The molecular weight excluding hydrogens is 332 g/mol. The number of hydrogen-bond acceptors (Lipinski definition) is 2. The molecule has 2 nitrogen and oxygen atoms in total. The Bertz CT molecular complexity index is 620. The van der Waals surface area contributed by atoms with Gasteiger partial charge in [-0.05, 0) is 105 Å². The van der Waals surface area contributed by atoms with E-state index in [0.29, 0.717) is 41.8 Å².